The van der Waals surface area contributed by atoms with Gasteiger partial charge in [-0.25, -0.2) is 9.50 Å². The number of alkyl halides is 3. The largest absolute Gasteiger partial charge is 0.433 e. The number of rotatable bonds is 5. The smallest absolute Gasteiger partial charge is 0.317 e. The number of anilines is 1. The molecule has 0 saturated carbocycles. The van der Waals surface area contributed by atoms with E-state index in [1.54, 1.807) is 61.0 Å². The number of aryl methyl sites for hydroxylation is 1. The van der Waals surface area contributed by atoms with Gasteiger partial charge >= 0.3 is 6.18 Å². The van der Waals surface area contributed by atoms with Gasteiger partial charge in [0.15, 0.2) is 17.0 Å². The predicted octanol–water partition coefficient (Wildman–Crippen LogP) is 7.49. The molecular weight excluding hydrogens is 576 g/mol. The average molecular weight is 594 g/mol. The minimum Gasteiger partial charge on any atom is -0.317 e. The van der Waals surface area contributed by atoms with E-state index >= 15 is 0 Å². The number of carbonyl (C=O) groups is 1. The summed E-state index contributed by atoms with van der Waals surface area (Å²) in [5.41, 5.74) is 1.17. The van der Waals surface area contributed by atoms with Crippen LogP contribution in [0.25, 0.3) is 16.9 Å². The van der Waals surface area contributed by atoms with Gasteiger partial charge in [0.2, 0.25) is 0 Å². The third-order valence-corrected chi connectivity index (χ3v) is 7.04. The van der Waals surface area contributed by atoms with E-state index in [-0.39, 0.29) is 23.6 Å². The molecular formula is C26H18Cl3F3N6O. The predicted molar refractivity (Wildman–Crippen MR) is 144 cm³/mol. The van der Waals surface area contributed by atoms with Crippen molar-refractivity contribution in [2.45, 2.75) is 26.6 Å². The highest BCUT2D eigenvalue weighted by Gasteiger charge is 2.36. The van der Waals surface area contributed by atoms with Crippen molar-refractivity contribution in [1.29, 1.82) is 0 Å². The molecule has 5 rings (SSSR count). The lowest BCUT2D eigenvalue weighted by atomic mass is 10.1. The van der Waals surface area contributed by atoms with Gasteiger partial charge in [0.1, 0.15) is 0 Å². The molecule has 13 heteroatoms. The van der Waals surface area contributed by atoms with Gasteiger partial charge in [-0.05, 0) is 44.2 Å². The zero-order valence-corrected chi connectivity index (χ0v) is 22.6. The molecule has 0 unspecified atom stereocenters. The molecule has 0 spiro atoms. The number of nitrogens with zero attached hydrogens (tertiary/aromatic N) is 5. The lowest BCUT2D eigenvalue weighted by Crippen LogP contribution is -2.16. The van der Waals surface area contributed by atoms with Crippen LogP contribution in [0.5, 0.6) is 0 Å². The molecule has 3 aromatic heterocycles. The second-order valence-electron chi connectivity index (χ2n) is 8.69. The second kappa shape index (κ2) is 10.2. The molecule has 0 radical (unpaired) electrons. The van der Waals surface area contributed by atoms with Gasteiger partial charge in [-0.3, -0.25) is 9.48 Å². The summed E-state index contributed by atoms with van der Waals surface area (Å²) >= 11 is 18.5. The highest BCUT2D eigenvalue weighted by molar-refractivity contribution is 6.36. The molecule has 0 saturated heterocycles. The minimum atomic E-state index is -4.75. The number of aromatic nitrogens is 5. The maximum absolute atomic E-state index is 13.9. The molecule has 0 aliphatic carbocycles. The van der Waals surface area contributed by atoms with E-state index in [0.717, 1.165) is 6.07 Å². The Balaban J connectivity index is 1.49. The quantitative estimate of drug-likeness (QED) is 0.229. The Hall–Kier alpha value is -3.60. The first-order valence-corrected chi connectivity index (χ1v) is 12.6. The number of nitrogens with one attached hydrogen (secondary N) is 1. The van der Waals surface area contributed by atoms with Gasteiger partial charge in [-0.2, -0.15) is 23.4 Å². The molecule has 3 heterocycles. The van der Waals surface area contributed by atoms with Crippen LogP contribution < -0.4 is 5.32 Å². The van der Waals surface area contributed by atoms with E-state index in [1.165, 1.54) is 6.07 Å². The fourth-order valence-corrected chi connectivity index (χ4v) is 4.74. The maximum atomic E-state index is 13.9. The summed E-state index contributed by atoms with van der Waals surface area (Å²) in [6, 6.07) is 13.4. The van der Waals surface area contributed by atoms with Gasteiger partial charge in [0.05, 0.1) is 29.3 Å². The number of hydrogen-bond donors (Lipinski definition) is 1. The summed E-state index contributed by atoms with van der Waals surface area (Å²) in [7, 11) is 0. The fraction of sp³-hybridized carbons (Fsp3) is 0.154. The van der Waals surface area contributed by atoms with Crippen LogP contribution in [0.2, 0.25) is 15.1 Å². The summed E-state index contributed by atoms with van der Waals surface area (Å²) < 4.78 is 44.1. The summed E-state index contributed by atoms with van der Waals surface area (Å²) in [6.07, 6.45) is -4.75. The van der Waals surface area contributed by atoms with Gasteiger partial charge in [-0.1, -0.05) is 53.0 Å². The Labute approximate surface area is 235 Å². The van der Waals surface area contributed by atoms with E-state index in [9.17, 15) is 18.0 Å². The Morgan fingerprint density at radius 3 is 2.28 bits per heavy atom. The number of carbonyl (C=O) groups excluding carboxylic acids is 1. The Bertz CT molecular complexity index is 1710. The summed E-state index contributed by atoms with van der Waals surface area (Å²) in [5.74, 6) is -0.719. The number of fused-ring (bicyclic) bond motifs is 1. The van der Waals surface area contributed by atoms with Gasteiger partial charge in [0.25, 0.3) is 5.91 Å². The third-order valence-electron chi connectivity index (χ3n) is 6.08. The Morgan fingerprint density at radius 1 is 0.974 bits per heavy atom. The van der Waals surface area contributed by atoms with E-state index in [4.69, 9.17) is 34.8 Å². The van der Waals surface area contributed by atoms with Crippen LogP contribution in [0.4, 0.5) is 18.9 Å². The lowest BCUT2D eigenvalue weighted by Gasteiger charge is -2.11. The van der Waals surface area contributed by atoms with Crippen molar-refractivity contribution in [2.75, 3.05) is 5.32 Å². The van der Waals surface area contributed by atoms with E-state index < -0.39 is 17.8 Å². The van der Waals surface area contributed by atoms with Crippen molar-refractivity contribution in [3.05, 3.63) is 98.0 Å². The topological polar surface area (TPSA) is 77.1 Å². The molecule has 7 nitrogen and oxygen atoms in total. The molecule has 0 aliphatic heterocycles. The highest BCUT2D eigenvalue weighted by atomic mass is 35.5. The Morgan fingerprint density at radius 2 is 1.64 bits per heavy atom. The van der Waals surface area contributed by atoms with Gasteiger partial charge in [-0.15, -0.1) is 0 Å². The van der Waals surface area contributed by atoms with E-state index in [2.05, 4.69) is 20.5 Å². The molecule has 39 heavy (non-hydrogen) atoms. The SMILES string of the molecule is Cc1nn(Cc2c(Cl)cccc2Cl)c(C)c1NC(=O)c1cc2nc(-c3ccc(Cl)cc3)cc(C(F)(F)F)n2n1. The first kappa shape index (κ1) is 27.0. The number of benzene rings is 2. The molecule has 0 atom stereocenters. The fourth-order valence-electron chi connectivity index (χ4n) is 4.10. The zero-order valence-electron chi connectivity index (χ0n) is 20.3. The lowest BCUT2D eigenvalue weighted by molar-refractivity contribution is -0.142. The molecule has 0 aliphatic rings. The molecule has 1 amide bonds. The van der Waals surface area contributed by atoms with Crippen molar-refractivity contribution in [3.63, 3.8) is 0 Å². The van der Waals surface area contributed by atoms with Crippen LogP contribution in [-0.4, -0.2) is 30.3 Å². The van der Waals surface area contributed by atoms with Crippen LogP contribution in [-0.2, 0) is 12.7 Å². The maximum Gasteiger partial charge on any atom is 0.433 e. The summed E-state index contributed by atoms with van der Waals surface area (Å²) in [5, 5.41) is 12.5. The number of hydrogen-bond acceptors (Lipinski definition) is 4. The van der Waals surface area contributed by atoms with E-state index in [0.29, 0.717) is 47.8 Å². The van der Waals surface area contributed by atoms with Crippen molar-refractivity contribution >= 4 is 52.0 Å². The van der Waals surface area contributed by atoms with Crippen molar-refractivity contribution in [1.82, 2.24) is 24.4 Å². The average Bonchev–Trinajstić information content (AvgIpc) is 3.42. The van der Waals surface area contributed by atoms with Crippen LogP contribution in [0.1, 0.15) is 33.1 Å². The first-order chi connectivity index (χ1) is 18.4. The minimum absolute atomic E-state index is 0.0598. The van der Waals surface area contributed by atoms with Crippen LogP contribution >= 0.6 is 34.8 Å². The zero-order chi connectivity index (χ0) is 28.1. The monoisotopic (exact) mass is 592 g/mol. The van der Waals surface area contributed by atoms with Crippen LogP contribution in [0.15, 0.2) is 54.6 Å². The Kier molecular flexibility index (Phi) is 7.04. The van der Waals surface area contributed by atoms with Gasteiger partial charge in [0, 0.05) is 32.3 Å². The summed E-state index contributed by atoms with van der Waals surface area (Å²) in [4.78, 5) is 17.4. The van der Waals surface area contributed by atoms with Crippen LogP contribution in [0.3, 0.4) is 0 Å². The first-order valence-electron chi connectivity index (χ1n) is 11.4. The van der Waals surface area contributed by atoms with Crippen molar-refractivity contribution in [3.8, 4) is 11.3 Å². The molecule has 0 fully saturated rings. The number of halogens is 6. The standard InChI is InChI=1S/C26H18Cl3F3N6O/c1-13-24(14(2)37(35-13)12-17-18(28)4-3-5-19(17)29)34-25(39)21-11-23-33-20(15-6-8-16(27)9-7-15)10-22(26(30,31)32)38(23)36-21/h3-11H,12H2,1-2H3,(H,34,39). The highest BCUT2D eigenvalue weighted by Crippen LogP contribution is 2.33. The normalized spacial score (nSPS) is 11.8. The third kappa shape index (κ3) is 5.32. The van der Waals surface area contributed by atoms with Crippen molar-refractivity contribution in [2.24, 2.45) is 0 Å². The molecule has 0 bridgehead atoms. The summed E-state index contributed by atoms with van der Waals surface area (Å²) in [6.45, 7) is 3.69. The second-order valence-corrected chi connectivity index (χ2v) is 9.94. The molecule has 1 N–H and O–H groups in total. The van der Waals surface area contributed by atoms with Gasteiger partial charge < -0.3 is 5.32 Å². The van der Waals surface area contributed by atoms with Crippen LogP contribution in [0, 0.1) is 13.8 Å². The number of amides is 1. The van der Waals surface area contributed by atoms with E-state index in [1.807, 2.05) is 0 Å². The van der Waals surface area contributed by atoms with Crippen molar-refractivity contribution < 1.29 is 18.0 Å². The molecule has 2 aromatic carbocycles. The molecule has 200 valence electrons. The molecule has 5 aromatic rings.